The fraction of sp³-hybridized carbons (Fsp3) is 0.667. The molecular formula is C12H21N3O3. The Morgan fingerprint density at radius 2 is 2.28 bits per heavy atom. The van der Waals surface area contributed by atoms with E-state index in [-0.39, 0.29) is 24.1 Å². The van der Waals surface area contributed by atoms with Crippen LogP contribution in [0.15, 0.2) is 10.9 Å². The van der Waals surface area contributed by atoms with Gasteiger partial charge in [0.15, 0.2) is 0 Å². The van der Waals surface area contributed by atoms with Crippen molar-refractivity contribution in [1.29, 1.82) is 0 Å². The molecule has 0 saturated carbocycles. The Hall–Kier alpha value is -1.40. The number of ether oxygens (including phenoxy) is 1. The summed E-state index contributed by atoms with van der Waals surface area (Å²) in [6, 6.07) is 1.35. The largest absolute Gasteiger partial charge is 0.396 e. The second-order valence-electron chi connectivity index (χ2n) is 4.48. The van der Waals surface area contributed by atoms with Gasteiger partial charge < -0.3 is 20.1 Å². The predicted molar refractivity (Wildman–Crippen MR) is 69.9 cm³/mol. The average molecular weight is 255 g/mol. The van der Waals surface area contributed by atoms with Gasteiger partial charge in [0.25, 0.3) is 5.56 Å². The maximum absolute atomic E-state index is 11.5. The van der Waals surface area contributed by atoms with Gasteiger partial charge in [-0.05, 0) is 6.42 Å². The van der Waals surface area contributed by atoms with Crippen LogP contribution in [0, 0.1) is 0 Å². The Morgan fingerprint density at radius 3 is 2.83 bits per heavy atom. The van der Waals surface area contributed by atoms with E-state index >= 15 is 0 Å². The fourth-order valence-electron chi connectivity index (χ4n) is 1.59. The molecule has 1 aromatic rings. The quantitative estimate of drug-likeness (QED) is 0.667. The molecule has 6 heteroatoms. The molecule has 3 N–H and O–H groups in total. The topological polar surface area (TPSA) is 87.2 Å². The molecule has 6 nitrogen and oxygen atoms in total. The second kappa shape index (κ2) is 7.13. The van der Waals surface area contributed by atoms with Gasteiger partial charge >= 0.3 is 0 Å². The molecule has 1 atom stereocenters. The first-order chi connectivity index (χ1) is 8.56. The van der Waals surface area contributed by atoms with Crippen molar-refractivity contribution in [1.82, 2.24) is 9.97 Å². The predicted octanol–water partition coefficient (Wildman–Crippen LogP) is 0.703. The molecular weight excluding hydrogens is 234 g/mol. The van der Waals surface area contributed by atoms with E-state index in [2.05, 4.69) is 15.3 Å². The molecule has 1 unspecified atom stereocenters. The first kappa shape index (κ1) is 14.7. The molecule has 1 rings (SSSR count). The number of rotatable bonds is 7. The molecule has 102 valence electrons. The van der Waals surface area contributed by atoms with Crippen LogP contribution < -0.4 is 10.9 Å². The minimum Gasteiger partial charge on any atom is -0.396 e. The molecule has 0 saturated heterocycles. The number of anilines is 1. The van der Waals surface area contributed by atoms with E-state index < -0.39 is 0 Å². The van der Waals surface area contributed by atoms with Crippen LogP contribution in [0.5, 0.6) is 0 Å². The standard InChI is InChI=1S/C12H21N3O3/c1-8(2)12-14-10(6-11(17)15-12)13-9(4-5-16)7-18-3/h6,8-9,16H,4-5,7H2,1-3H3,(H2,13,14,15,17). The Morgan fingerprint density at radius 1 is 1.56 bits per heavy atom. The molecule has 0 aliphatic heterocycles. The molecule has 1 heterocycles. The van der Waals surface area contributed by atoms with Gasteiger partial charge in [0.05, 0.1) is 12.6 Å². The summed E-state index contributed by atoms with van der Waals surface area (Å²) in [5.74, 6) is 1.31. The van der Waals surface area contributed by atoms with Crippen LogP contribution in [-0.4, -0.2) is 41.4 Å². The van der Waals surface area contributed by atoms with Crippen LogP contribution in [-0.2, 0) is 4.74 Å². The number of nitrogens with one attached hydrogen (secondary N) is 2. The van der Waals surface area contributed by atoms with Crippen LogP contribution in [0.3, 0.4) is 0 Å². The lowest BCUT2D eigenvalue weighted by Gasteiger charge is -2.18. The molecule has 0 fully saturated rings. The van der Waals surface area contributed by atoms with Crippen molar-refractivity contribution in [3.05, 3.63) is 22.2 Å². The van der Waals surface area contributed by atoms with Gasteiger partial charge in [-0.15, -0.1) is 0 Å². The number of methoxy groups -OCH3 is 1. The van der Waals surface area contributed by atoms with Gasteiger partial charge in [-0.25, -0.2) is 4.98 Å². The van der Waals surface area contributed by atoms with Gasteiger partial charge in [-0.2, -0.15) is 0 Å². The lowest BCUT2D eigenvalue weighted by atomic mass is 10.2. The number of hydrogen-bond donors (Lipinski definition) is 3. The molecule has 0 radical (unpaired) electrons. The van der Waals surface area contributed by atoms with Gasteiger partial charge in [-0.3, -0.25) is 4.79 Å². The van der Waals surface area contributed by atoms with Crippen LogP contribution >= 0.6 is 0 Å². The number of aromatic nitrogens is 2. The molecule has 0 aliphatic rings. The molecule has 0 spiro atoms. The summed E-state index contributed by atoms with van der Waals surface area (Å²) >= 11 is 0. The van der Waals surface area contributed by atoms with E-state index in [0.717, 1.165) is 0 Å². The molecule has 18 heavy (non-hydrogen) atoms. The normalized spacial score (nSPS) is 12.7. The van der Waals surface area contributed by atoms with Crippen LogP contribution in [0.25, 0.3) is 0 Å². The number of nitrogens with zero attached hydrogens (tertiary/aromatic N) is 1. The van der Waals surface area contributed by atoms with Crippen LogP contribution in [0.2, 0.25) is 0 Å². The zero-order valence-corrected chi connectivity index (χ0v) is 11.1. The summed E-state index contributed by atoms with van der Waals surface area (Å²) in [7, 11) is 1.59. The third-order valence-corrected chi connectivity index (χ3v) is 2.50. The Balaban J connectivity index is 2.84. The Labute approximate surface area is 106 Å². The van der Waals surface area contributed by atoms with E-state index in [0.29, 0.717) is 24.7 Å². The average Bonchev–Trinajstić information content (AvgIpc) is 2.28. The highest BCUT2D eigenvalue weighted by molar-refractivity contribution is 5.34. The summed E-state index contributed by atoms with van der Waals surface area (Å²) in [5, 5.41) is 12.1. The van der Waals surface area contributed by atoms with Crippen molar-refractivity contribution in [3.8, 4) is 0 Å². The summed E-state index contributed by atoms with van der Waals surface area (Å²) in [6.45, 7) is 4.43. The van der Waals surface area contributed by atoms with E-state index in [1.165, 1.54) is 6.07 Å². The van der Waals surface area contributed by atoms with E-state index in [1.54, 1.807) is 7.11 Å². The van der Waals surface area contributed by atoms with Gasteiger partial charge in [0, 0.05) is 25.7 Å². The maximum Gasteiger partial charge on any atom is 0.252 e. The second-order valence-corrected chi connectivity index (χ2v) is 4.48. The number of aliphatic hydroxyl groups is 1. The lowest BCUT2D eigenvalue weighted by Crippen LogP contribution is -2.28. The van der Waals surface area contributed by atoms with Gasteiger partial charge in [0.2, 0.25) is 0 Å². The first-order valence-corrected chi connectivity index (χ1v) is 6.04. The number of aromatic amines is 1. The van der Waals surface area contributed by atoms with Crippen molar-refractivity contribution >= 4 is 5.82 Å². The van der Waals surface area contributed by atoms with Crippen molar-refractivity contribution < 1.29 is 9.84 Å². The number of aliphatic hydroxyl groups excluding tert-OH is 1. The number of H-pyrrole nitrogens is 1. The number of hydrogen-bond acceptors (Lipinski definition) is 5. The Kier molecular flexibility index (Phi) is 5.80. The van der Waals surface area contributed by atoms with Crippen molar-refractivity contribution in [3.63, 3.8) is 0 Å². The van der Waals surface area contributed by atoms with Crippen LogP contribution in [0.1, 0.15) is 32.0 Å². The molecule has 0 bridgehead atoms. The summed E-state index contributed by atoms with van der Waals surface area (Å²) in [6.07, 6.45) is 0.541. The third kappa shape index (κ3) is 4.46. The zero-order valence-electron chi connectivity index (χ0n) is 11.1. The van der Waals surface area contributed by atoms with E-state index in [4.69, 9.17) is 9.84 Å². The molecule has 0 aromatic carbocycles. The minimum atomic E-state index is -0.184. The SMILES string of the molecule is COCC(CCO)Nc1cc(=O)[nH]c(C(C)C)n1. The van der Waals surface area contributed by atoms with Crippen LogP contribution in [0.4, 0.5) is 5.82 Å². The molecule has 1 aromatic heterocycles. The minimum absolute atomic E-state index is 0.0568. The maximum atomic E-state index is 11.5. The van der Waals surface area contributed by atoms with Gasteiger partial charge in [0.1, 0.15) is 11.6 Å². The van der Waals surface area contributed by atoms with Gasteiger partial charge in [-0.1, -0.05) is 13.8 Å². The summed E-state index contributed by atoms with van der Waals surface area (Å²) < 4.78 is 5.05. The highest BCUT2D eigenvalue weighted by atomic mass is 16.5. The fourth-order valence-corrected chi connectivity index (χ4v) is 1.59. The molecule has 0 aliphatic carbocycles. The van der Waals surface area contributed by atoms with E-state index in [9.17, 15) is 4.79 Å². The smallest absolute Gasteiger partial charge is 0.252 e. The highest BCUT2D eigenvalue weighted by Crippen LogP contribution is 2.10. The zero-order chi connectivity index (χ0) is 13.5. The van der Waals surface area contributed by atoms with Crippen molar-refractivity contribution in [2.75, 3.05) is 25.6 Å². The van der Waals surface area contributed by atoms with Crippen molar-refractivity contribution in [2.24, 2.45) is 0 Å². The highest BCUT2D eigenvalue weighted by Gasteiger charge is 2.10. The monoisotopic (exact) mass is 255 g/mol. The van der Waals surface area contributed by atoms with E-state index in [1.807, 2.05) is 13.8 Å². The lowest BCUT2D eigenvalue weighted by molar-refractivity contribution is 0.170. The Bertz CT molecular complexity index is 411. The van der Waals surface area contributed by atoms with Crippen molar-refractivity contribution in [2.45, 2.75) is 32.2 Å². The third-order valence-electron chi connectivity index (χ3n) is 2.50. The summed E-state index contributed by atoms with van der Waals surface area (Å²) in [4.78, 5) is 18.5. The summed E-state index contributed by atoms with van der Waals surface area (Å²) in [5.41, 5.74) is -0.184. The molecule has 0 amide bonds. The first-order valence-electron chi connectivity index (χ1n) is 6.04.